The molecule has 9 heteroatoms. The Bertz CT molecular complexity index is 927. The topological polar surface area (TPSA) is 100 Å². The third-order valence-electron chi connectivity index (χ3n) is 7.29. The molecule has 0 aromatic heterocycles. The fraction of sp³-hybridized carbons (Fsp3) is 0.630. The number of nitrogens with one attached hydrogen (secondary N) is 2. The number of hydrazone groups is 1. The molecule has 2 amide bonds. The van der Waals surface area contributed by atoms with E-state index in [1.807, 2.05) is 18.2 Å². The summed E-state index contributed by atoms with van der Waals surface area (Å²) < 4.78 is 5.46. The summed E-state index contributed by atoms with van der Waals surface area (Å²) in [5.74, 6) is -1.71. The zero-order valence-corrected chi connectivity index (χ0v) is 21.9. The number of hydrogen-bond donors (Lipinski definition) is 2. The lowest BCUT2D eigenvalue weighted by atomic mass is 9.87. The molecule has 0 bridgehead atoms. The Labute approximate surface area is 218 Å². The first-order valence-corrected chi connectivity index (χ1v) is 14.1. The first-order chi connectivity index (χ1) is 17.5. The quantitative estimate of drug-likeness (QED) is 0.313. The van der Waals surface area contributed by atoms with Crippen molar-refractivity contribution in [2.75, 3.05) is 19.8 Å². The van der Waals surface area contributed by atoms with Crippen LogP contribution in [0.1, 0.15) is 63.9 Å². The molecule has 2 heterocycles. The standard InChI is InChI=1S/C27H38N4O4S/c1-19-17-31(18-20-9-5-4-6-10-20)27(36-19)30-29-26(34)24(32)23(21-13-15-35-16-14-21)28-25(33)22-11-7-2-3-8-12-22/h4-6,9-10,19,21-23H,2-3,7-8,11-18H2,1H3,(H,28,33)(H,29,34)/b30-27-/t19-,23-/m1/s1. The number of ether oxygens (including phenoxy) is 1. The highest BCUT2D eigenvalue weighted by atomic mass is 32.2. The molecular weight excluding hydrogens is 476 g/mol. The van der Waals surface area contributed by atoms with Gasteiger partial charge in [-0.3, -0.25) is 14.4 Å². The van der Waals surface area contributed by atoms with Crippen molar-refractivity contribution < 1.29 is 19.1 Å². The molecule has 2 atom stereocenters. The first-order valence-electron chi connectivity index (χ1n) is 13.3. The van der Waals surface area contributed by atoms with Gasteiger partial charge in [0.15, 0.2) is 5.17 Å². The zero-order chi connectivity index (χ0) is 25.3. The molecule has 196 valence electrons. The molecule has 0 radical (unpaired) electrons. The van der Waals surface area contributed by atoms with Crippen LogP contribution in [0.15, 0.2) is 35.4 Å². The minimum Gasteiger partial charge on any atom is -0.381 e. The van der Waals surface area contributed by atoms with Gasteiger partial charge in [-0.25, -0.2) is 5.43 Å². The van der Waals surface area contributed by atoms with Gasteiger partial charge in [-0.05, 0) is 37.2 Å². The molecule has 8 nitrogen and oxygen atoms in total. The second kappa shape index (κ2) is 13.2. The van der Waals surface area contributed by atoms with Gasteiger partial charge in [-0.2, -0.15) is 0 Å². The molecule has 1 saturated carbocycles. The second-order valence-electron chi connectivity index (χ2n) is 10.1. The lowest BCUT2D eigenvalue weighted by Gasteiger charge is -2.30. The third kappa shape index (κ3) is 7.32. The summed E-state index contributed by atoms with van der Waals surface area (Å²) in [6.07, 6.45) is 7.31. The molecule has 3 aliphatic rings. The number of amides is 2. The number of hydrogen-bond acceptors (Lipinski definition) is 6. The van der Waals surface area contributed by atoms with Gasteiger partial charge in [0, 0.05) is 37.5 Å². The van der Waals surface area contributed by atoms with Crippen molar-refractivity contribution in [1.82, 2.24) is 15.6 Å². The molecule has 1 aliphatic carbocycles. The summed E-state index contributed by atoms with van der Waals surface area (Å²) in [5, 5.41) is 8.32. The van der Waals surface area contributed by atoms with Gasteiger partial charge >= 0.3 is 5.91 Å². The maximum Gasteiger partial charge on any atom is 0.309 e. The van der Waals surface area contributed by atoms with Crippen molar-refractivity contribution in [2.45, 2.75) is 76.1 Å². The molecule has 2 saturated heterocycles. The van der Waals surface area contributed by atoms with E-state index >= 15 is 0 Å². The Hall–Kier alpha value is -2.39. The Morgan fingerprint density at radius 3 is 2.44 bits per heavy atom. The van der Waals surface area contributed by atoms with E-state index < -0.39 is 17.7 Å². The Morgan fingerprint density at radius 1 is 1.06 bits per heavy atom. The summed E-state index contributed by atoms with van der Waals surface area (Å²) >= 11 is 1.58. The van der Waals surface area contributed by atoms with Crippen molar-refractivity contribution in [3.8, 4) is 0 Å². The normalized spacial score (nSPS) is 23.8. The lowest BCUT2D eigenvalue weighted by molar-refractivity contribution is -0.142. The van der Waals surface area contributed by atoms with Gasteiger partial charge in [0.2, 0.25) is 11.7 Å². The van der Waals surface area contributed by atoms with Crippen LogP contribution in [0.25, 0.3) is 0 Å². The highest BCUT2D eigenvalue weighted by Gasteiger charge is 2.36. The molecule has 0 unspecified atom stereocenters. The summed E-state index contributed by atoms with van der Waals surface area (Å²) in [7, 11) is 0. The smallest absolute Gasteiger partial charge is 0.309 e. The number of thioether (sulfide) groups is 1. The predicted molar refractivity (Wildman–Crippen MR) is 141 cm³/mol. The van der Waals surface area contributed by atoms with E-state index in [9.17, 15) is 14.4 Å². The van der Waals surface area contributed by atoms with E-state index in [-0.39, 0.29) is 17.7 Å². The average Bonchev–Trinajstić information content (AvgIpc) is 3.08. The minimum atomic E-state index is -0.847. The van der Waals surface area contributed by atoms with Gasteiger partial charge < -0.3 is 15.0 Å². The molecular formula is C27H38N4O4S. The summed E-state index contributed by atoms with van der Waals surface area (Å²) in [6, 6.07) is 9.25. The van der Waals surface area contributed by atoms with Gasteiger partial charge in [0.1, 0.15) is 6.04 Å². The molecule has 36 heavy (non-hydrogen) atoms. The van der Waals surface area contributed by atoms with E-state index in [1.54, 1.807) is 11.8 Å². The fourth-order valence-electron chi connectivity index (χ4n) is 5.27. The van der Waals surface area contributed by atoms with E-state index in [1.165, 1.54) is 0 Å². The average molecular weight is 515 g/mol. The van der Waals surface area contributed by atoms with Crippen LogP contribution < -0.4 is 10.7 Å². The highest BCUT2D eigenvalue weighted by Crippen LogP contribution is 2.27. The Kier molecular flexibility index (Phi) is 9.81. The number of rotatable bonds is 8. The van der Waals surface area contributed by atoms with E-state index in [0.29, 0.717) is 43.0 Å². The summed E-state index contributed by atoms with van der Waals surface area (Å²) in [5.41, 5.74) is 3.65. The van der Waals surface area contributed by atoms with E-state index in [0.717, 1.165) is 50.6 Å². The monoisotopic (exact) mass is 514 g/mol. The molecule has 4 rings (SSSR count). The van der Waals surface area contributed by atoms with Crippen LogP contribution in [0.2, 0.25) is 0 Å². The highest BCUT2D eigenvalue weighted by molar-refractivity contribution is 8.14. The number of carbonyl (C=O) groups excluding carboxylic acids is 3. The molecule has 1 aromatic rings. The van der Waals surface area contributed by atoms with E-state index in [4.69, 9.17) is 4.74 Å². The van der Waals surface area contributed by atoms with Crippen LogP contribution in [0, 0.1) is 11.8 Å². The molecule has 3 fully saturated rings. The number of nitrogens with zero attached hydrogens (tertiary/aromatic N) is 2. The number of benzene rings is 1. The van der Waals surface area contributed by atoms with Crippen LogP contribution in [0.3, 0.4) is 0 Å². The summed E-state index contributed by atoms with van der Waals surface area (Å²) in [6.45, 7) is 4.66. The van der Waals surface area contributed by atoms with Gasteiger partial charge in [-0.15, -0.1) is 5.10 Å². The first kappa shape index (κ1) is 26.7. The van der Waals surface area contributed by atoms with Crippen LogP contribution in [0.5, 0.6) is 0 Å². The van der Waals surface area contributed by atoms with Crippen LogP contribution in [0.4, 0.5) is 0 Å². The maximum atomic E-state index is 13.3. The van der Waals surface area contributed by atoms with Gasteiger partial charge in [0.25, 0.3) is 0 Å². The maximum absolute atomic E-state index is 13.3. The van der Waals surface area contributed by atoms with Crippen molar-refractivity contribution in [3.63, 3.8) is 0 Å². The van der Waals surface area contributed by atoms with Gasteiger partial charge in [0.05, 0.1) is 0 Å². The van der Waals surface area contributed by atoms with E-state index in [2.05, 4.69) is 39.8 Å². The Balaban J connectivity index is 1.42. The minimum absolute atomic E-state index is 0.0890. The lowest BCUT2D eigenvalue weighted by Crippen LogP contribution is -2.53. The molecule has 2 N–H and O–H groups in total. The molecule has 2 aliphatic heterocycles. The number of amidine groups is 1. The molecule has 1 aromatic carbocycles. The van der Waals surface area contributed by atoms with Gasteiger partial charge in [-0.1, -0.05) is 74.7 Å². The van der Waals surface area contributed by atoms with Crippen molar-refractivity contribution in [2.24, 2.45) is 16.9 Å². The molecule has 0 spiro atoms. The fourth-order valence-corrected chi connectivity index (χ4v) is 6.27. The zero-order valence-electron chi connectivity index (χ0n) is 21.1. The largest absolute Gasteiger partial charge is 0.381 e. The van der Waals surface area contributed by atoms with Crippen molar-refractivity contribution >= 4 is 34.5 Å². The number of carbonyl (C=O) groups is 3. The number of ketones is 1. The Morgan fingerprint density at radius 2 is 1.75 bits per heavy atom. The summed E-state index contributed by atoms with van der Waals surface area (Å²) in [4.78, 5) is 41.5. The number of Topliss-reactive ketones (excluding diaryl/α,β-unsaturated/α-hetero) is 1. The van der Waals surface area contributed by atoms with Crippen LogP contribution in [-0.2, 0) is 25.7 Å². The SMILES string of the molecule is C[C@@H]1CN(Cc2ccccc2)/C(=N/NC(=O)C(=O)[C@H](NC(=O)C2CCCCCC2)C2CCOCC2)S1. The van der Waals surface area contributed by atoms with Crippen LogP contribution >= 0.6 is 11.8 Å². The predicted octanol–water partition coefficient (Wildman–Crippen LogP) is 3.46. The third-order valence-corrected chi connectivity index (χ3v) is 8.40. The van der Waals surface area contributed by atoms with Crippen molar-refractivity contribution in [3.05, 3.63) is 35.9 Å². The van der Waals surface area contributed by atoms with Crippen LogP contribution in [-0.4, -0.2) is 58.7 Å². The van der Waals surface area contributed by atoms with Crippen molar-refractivity contribution in [1.29, 1.82) is 0 Å². The second-order valence-corrected chi connectivity index (χ2v) is 11.5.